The van der Waals surface area contributed by atoms with Crippen LogP contribution in [0.1, 0.15) is 6.42 Å². The average molecular weight is 158 g/mol. The Hall–Kier alpha value is -1.12. The second kappa shape index (κ2) is 5.65. The van der Waals surface area contributed by atoms with E-state index in [1.165, 1.54) is 0 Å². The quantitative estimate of drug-likeness (QED) is 0.443. The molecule has 0 aliphatic heterocycles. The largest absolute Gasteiger partial charge is 0.480 e. The van der Waals surface area contributed by atoms with E-state index in [-0.39, 0.29) is 13.0 Å². The van der Waals surface area contributed by atoms with Crippen molar-refractivity contribution in [3.05, 3.63) is 0 Å². The molecule has 0 aromatic heterocycles. The molecule has 0 spiro atoms. The van der Waals surface area contributed by atoms with E-state index in [1.54, 1.807) is 0 Å². The van der Waals surface area contributed by atoms with E-state index in [9.17, 15) is 4.79 Å². The molecule has 1 atom stereocenters. The number of hydrogen-bond acceptors (Lipinski definition) is 4. The molecule has 3 N–H and O–H groups in total. The summed E-state index contributed by atoms with van der Waals surface area (Å²) in [6, 6.07) is 0.894. The summed E-state index contributed by atoms with van der Waals surface area (Å²) in [7, 11) is 0. The van der Waals surface area contributed by atoms with Crippen LogP contribution in [-0.4, -0.2) is 35.4 Å². The molecule has 5 nitrogen and oxygen atoms in total. The smallest absolute Gasteiger partial charge is 0.323 e. The van der Waals surface area contributed by atoms with Gasteiger partial charge in [-0.05, 0) is 0 Å². The van der Waals surface area contributed by atoms with Crippen molar-refractivity contribution in [2.45, 2.75) is 12.5 Å². The zero-order valence-electron chi connectivity index (χ0n) is 5.95. The maximum Gasteiger partial charge on any atom is 0.323 e. The first kappa shape index (κ1) is 9.88. The van der Waals surface area contributed by atoms with Crippen LogP contribution in [0.2, 0.25) is 0 Å². The standard InChI is InChI=1S/C6H10N2O3/c7-2-1-3-8-5(4-9)6(10)11/h5,8-9H,1,3-4H2,(H,10,11). The Kier molecular flexibility index (Phi) is 5.07. The Morgan fingerprint density at radius 3 is 2.73 bits per heavy atom. The maximum atomic E-state index is 10.2. The van der Waals surface area contributed by atoms with Gasteiger partial charge in [-0.3, -0.25) is 4.79 Å². The minimum absolute atomic E-state index is 0.240. The summed E-state index contributed by atoms with van der Waals surface area (Å²) in [5.41, 5.74) is 0. The molecule has 0 radical (unpaired) electrons. The highest BCUT2D eigenvalue weighted by atomic mass is 16.4. The molecule has 0 fully saturated rings. The number of carboxylic acids is 1. The third kappa shape index (κ3) is 4.31. The zero-order valence-corrected chi connectivity index (χ0v) is 5.95. The molecular weight excluding hydrogens is 148 g/mol. The lowest BCUT2D eigenvalue weighted by Gasteiger charge is -2.08. The monoisotopic (exact) mass is 158 g/mol. The minimum Gasteiger partial charge on any atom is -0.480 e. The number of aliphatic carboxylic acids is 1. The Bertz CT molecular complexity index is 164. The second-order valence-electron chi connectivity index (χ2n) is 1.94. The highest BCUT2D eigenvalue weighted by molar-refractivity contribution is 5.73. The minimum atomic E-state index is -1.11. The van der Waals surface area contributed by atoms with Gasteiger partial charge in [0.25, 0.3) is 0 Å². The molecular formula is C6H10N2O3. The topological polar surface area (TPSA) is 93.4 Å². The van der Waals surface area contributed by atoms with Crippen molar-refractivity contribution in [2.24, 2.45) is 0 Å². The van der Waals surface area contributed by atoms with Crippen LogP contribution in [0.5, 0.6) is 0 Å². The van der Waals surface area contributed by atoms with Gasteiger partial charge in [0, 0.05) is 13.0 Å². The molecule has 11 heavy (non-hydrogen) atoms. The van der Waals surface area contributed by atoms with Crippen molar-refractivity contribution >= 4 is 5.97 Å². The predicted octanol–water partition coefficient (Wildman–Crippen LogP) is -1.06. The molecule has 0 aliphatic carbocycles. The van der Waals surface area contributed by atoms with Gasteiger partial charge >= 0.3 is 5.97 Å². The predicted molar refractivity (Wildman–Crippen MR) is 36.7 cm³/mol. The molecule has 0 heterocycles. The molecule has 0 amide bonds. The van der Waals surface area contributed by atoms with E-state index < -0.39 is 18.6 Å². The van der Waals surface area contributed by atoms with Crippen LogP contribution in [0.15, 0.2) is 0 Å². The number of nitriles is 1. The Balaban J connectivity index is 3.54. The van der Waals surface area contributed by atoms with Gasteiger partial charge in [-0.25, -0.2) is 0 Å². The van der Waals surface area contributed by atoms with Crippen LogP contribution in [-0.2, 0) is 4.79 Å². The van der Waals surface area contributed by atoms with Crippen molar-refractivity contribution in [3.8, 4) is 6.07 Å². The lowest BCUT2D eigenvalue weighted by molar-refractivity contribution is -0.140. The van der Waals surface area contributed by atoms with Gasteiger partial charge in [-0.1, -0.05) is 0 Å². The van der Waals surface area contributed by atoms with E-state index in [4.69, 9.17) is 15.5 Å². The lowest BCUT2D eigenvalue weighted by atomic mass is 10.3. The van der Waals surface area contributed by atoms with E-state index in [1.807, 2.05) is 6.07 Å². The van der Waals surface area contributed by atoms with E-state index in [0.717, 1.165) is 0 Å². The number of rotatable bonds is 5. The summed E-state index contributed by atoms with van der Waals surface area (Å²) in [6.07, 6.45) is 0.240. The van der Waals surface area contributed by atoms with Crippen molar-refractivity contribution in [1.82, 2.24) is 5.32 Å². The van der Waals surface area contributed by atoms with E-state index >= 15 is 0 Å². The first-order valence-electron chi connectivity index (χ1n) is 3.16. The maximum absolute atomic E-state index is 10.2. The highest BCUT2D eigenvalue weighted by Crippen LogP contribution is 1.82. The SMILES string of the molecule is N#CCCNC(CO)C(=O)O. The number of carboxylic acid groups (broad SMARTS) is 1. The van der Waals surface area contributed by atoms with Crippen LogP contribution >= 0.6 is 0 Å². The fourth-order valence-corrected chi connectivity index (χ4v) is 0.532. The molecule has 5 heteroatoms. The van der Waals surface area contributed by atoms with Crippen molar-refractivity contribution in [1.29, 1.82) is 5.26 Å². The second-order valence-corrected chi connectivity index (χ2v) is 1.94. The number of nitrogens with zero attached hydrogens (tertiary/aromatic N) is 1. The third-order valence-corrected chi connectivity index (χ3v) is 1.11. The summed E-state index contributed by atoms with van der Waals surface area (Å²) in [4.78, 5) is 10.2. The van der Waals surface area contributed by atoms with Gasteiger partial charge in [0.2, 0.25) is 0 Å². The summed E-state index contributed by atoms with van der Waals surface area (Å²) >= 11 is 0. The normalized spacial score (nSPS) is 12.0. The van der Waals surface area contributed by atoms with Gasteiger partial charge in [-0.2, -0.15) is 5.26 Å². The highest BCUT2D eigenvalue weighted by Gasteiger charge is 2.13. The number of carbonyl (C=O) groups is 1. The lowest BCUT2D eigenvalue weighted by Crippen LogP contribution is -2.40. The summed E-state index contributed by atoms with van der Waals surface area (Å²) in [5.74, 6) is -1.11. The first-order chi connectivity index (χ1) is 5.22. The van der Waals surface area contributed by atoms with Crippen LogP contribution in [0, 0.1) is 11.3 Å². The Morgan fingerprint density at radius 1 is 1.73 bits per heavy atom. The number of nitrogens with one attached hydrogen (secondary N) is 1. The molecule has 1 unspecified atom stereocenters. The summed E-state index contributed by atoms with van der Waals surface area (Å²) < 4.78 is 0. The van der Waals surface area contributed by atoms with Gasteiger partial charge < -0.3 is 15.5 Å². The molecule has 0 aromatic rings. The van der Waals surface area contributed by atoms with Gasteiger partial charge in [0.1, 0.15) is 6.04 Å². The van der Waals surface area contributed by atoms with Crippen LogP contribution in [0.4, 0.5) is 0 Å². The summed E-state index contributed by atoms with van der Waals surface area (Å²) in [6.45, 7) is -0.172. The van der Waals surface area contributed by atoms with E-state index in [0.29, 0.717) is 0 Å². The van der Waals surface area contributed by atoms with Crippen LogP contribution < -0.4 is 5.32 Å². The average Bonchev–Trinajstić information content (AvgIpc) is 1.97. The van der Waals surface area contributed by atoms with Gasteiger partial charge in [0.15, 0.2) is 0 Å². The van der Waals surface area contributed by atoms with Crippen LogP contribution in [0.3, 0.4) is 0 Å². The third-order valence-electron chi connectivity index (χ3n) is 1.11. The fourth-order valence-electron chi connectivity index (χ4n) is 0.532. The van der Waals surface area contributed by atoms with Crippen molar-refractivity contribution < 1.29 is 15.0 Å². The van der Waals surface area contributed by atoms with E-state index in [2.05, 4.69) is 5.32 Å². The number of hydrogen-bond donors (Lipinski definition) is 3. The molecule has 0 bridgehead atoms. The zero-order chi connectivity index (χ0) is 8.69. The number of aliphatic hydroxyl groups excluding tert-OH is 1. The molecule has 0 rings (SSSR count). The van der Waals surface area contributed by atoms with Crippen molar-refractivity contribution in [3.63, 3.8) is 0 Å². The van der Waals surface area contributed by atoms with Crippen LogP contribution in [0.25, 0.3) is 0 Å². The Morgan fingerprint density at radius 2 is 2.36 bits per heavy atom. The summed E-state index contributed by atoms with van der Waals surface area (Å²) in [5, 5.41) is 27.4. The first-order valence-corrected chi connectivity index (χ1v) is 3.16. The van der Waals surface area contributed by atoms with Crippen molar-refractivity contribution in [2.75, 3.05) is 13.2 Å². The van der Waals surface area contributed by atoms with Gasteiger partial charge in [0.05, 0.1) is 12.7 Å². The molecule has 0 saturated heterocycles. The molecule has 0 aromatic carbocycles. The van der Waals surface area contributed by atoms with Gasteiger partial charge in [-0.15, -0.1) is 0 Å². The molecule has 0 aliphatic rings. The molecule has 62 valence electrons. The molecule has 0 saturated carbocycles. The fraction of sp³-hybridized carbons (Fsp3) is 0.667. The number of aliphatic hydroxyl groups is 1. The Labute approximate surface area is 64.3 Å².